The zero-order valence-electron chi connectivity index (χ0n) is 11.3. The number of fused-ring (bicyclic) bond motifs is 1. The third-order valence-corrected chi connectivity index (χ3v) is 4.92. The Hall–Kier alpha value is -1.11. The van der Waals surface area contributed by atoms with Crippen molar-refractivity contribution in [3.63, 3.8) is 0 Å². The van der Waals surface area contributed by atoms with Crippen molar-refractivity contribution in [2.45, 2.75) is 11.7 Å². The van der Waals surface area contributed by atoms with Crippen molar-refractivity contribution >= 4 is 52.1 Å². The van der Waals surface area contributed by atoms with E-state index in [-0.39, 0.29) is 5.75 Å². The summed E-state index contributed by atoms with van der Waals surface area (Å²) < 4.78 is 2.03. The molecule has 0 radical (unpaired) electrons. The van der Waals surface area contributed by atoms with Crippen LogP contribution in [0.1, 0.15) is 0 Å². The molecule has 0 atom stereocenters. The third-order valence-electron chi connectivity index (χ3n) is 2.71. The van der Waals surface area contributed by atoms with E-state index in [4.69, 9.17) is 16.7 Å². The summed E-state index contributed by atoms with van der Waals surface area (Å²) >= 11 is 9.16. The summed E-state index contributed by atoms with van der Waals surface area (Å²) in [5.41, 5.74) is 1.66. The number of benzene rings is 1. The number of nitrogens with zero attached hydrogens (tertiary/aromatic N) is 2. The van der Waals surface area contributed by atoms with Crippen LogP contribution in [0, 0.1) is 0 Å². The lowest BCUT2D eigenvalue weighted by Gasteiger charge is -2.07. The van der Waals surface area contributed by atoms with Crippen LogP contribution in [0.3, 0.4) is 0 Å². The van der Waals surface area contributed by atoms with E-state index in [1.807, 2.05) is 22.8 Å². The van der Waals surface area contributed by atoms with E-state index in [1.165, 1.54) is 11.8 Å². The molecule has 0 bridgehead atoms. The van der Waals surface area contributed by atoms with Crippen LogP contribution in [0.5, 0.6) is 0 Å². The largest absolute Gasteiger partial charge is 0.481 e. The molecular formula is C14H15ClN2O2S2. The first-order valence-corrected chi connectivity index (χ1v) is 8.83. The van der Waals surface area contributed by atoms with Gasteiger partial charge in [-0.15, -0.1) is 6.58 Å². The van der Waals surface area contributed by atoms with Gasteiger partial charge in [-0.2, -0.15) is 11.8 Å². The molecule has 1 aromatic carbocycles. The predicted octanol–water partition coefficient (Wildman–Crippen LogP) is 3.79. The molecule has 0 amide bonds. The molecule has 0 aliphatic heterocycles. The molecule has 4 nitrogen and oxygen atoms in total. The molecule has 0 unspecified atom stereocenters. The molecule has 0 spiro atoms. The smallest absolute Gasteiger partial charge is 0.313 e. The maximum absolute atomic E-state index is 10.8. The number of halogens is 1. The molecule has 2 rings (SSSR count). The number of thioether (sulfide) groups is 2. The molecule has 2 aromatic rings. The van der Waals surface area contributed by atoms with Gasteiger partial charge in [0.15, 0.2) is 5.16 Å². The number of carboxylic acids is 1. The van der Waals surface area contributed by atoms with Gasteiger partial charge in [0.25, 0.3) is 0 Å². The van der Waals surface area contributed by atoms with Crippen molar-refractivity contribution in [3.05, 3.63) is 35.9 Å². The van der Waals surface area contributed by atoms with Crippen molar-refractivity contribution in [3.8, 4) is 0 Å². The maximum Gasteiger partial charge on any atom is 0.313 e. The van der Waals surface area contributed by atoms with Crippen molar-refractivity contribution in [2.75, 3.05) is 17.3 Å². The van der Waals surface area contributed by atoms with Crippen LogP contribution in [-0.2, 0) is 11.3 Å². The number of aliphatic carboxylic acids is 1. The fourth-order valence-electron chi connectivity index (χ4n) is 1.87. The average Bonchev–Trinajstić information content (AvgIpc) is 2.81. The van der Waals surface area contributed by atoms with Crippen LogP contribution >= 0.6 is 35.1 Å². The number of para-hydroxylation sites is 1. The Balaban J connectivity index is 2.28. The zero-order chi connectivity index (χ0) is 15.2. The standard InChI is InChI=1S/C14H15ClN2O2S2/c1-2-7-20-8-6-17-11-5-3-4-10(15)13(11)16-14(17)21-9-12(18)19/h2-5H,1,6-9H2,(H,18,19). The lowest BCUT2D eigenvalue weighted by atomic mass is 10.3. The van der Waals surface area contributed by atoms with Gasteiger partial charge in [-0.25, -0.2) is 4.98 Å². The van der Waals surface area contributed by atoms with Gasteiger partial charge in [0, 0.05) is 18.1 Å². The minimum atomic E-state index is -0.856. The Morgan fingerprint density at radius 3 is 3.05 bits per heavy atom. The van der Waals surface area contributed by atoms with E-state index < -0.39 is 5.97 Å². The molecule has 0 saturated carbocycles. The van der Waals surface area contributed by atoms with Crippen LogP contribution in [0.25, 0.3) is 11.0 Å². The number of aryl methyl sites for hydroxylation is 1. The highest BCUT2D eigenvalue weighted by Crippen LogP contribution is 2.28. The summed E-state index contributed by atoms with van der Waals surface area (Å²) in [6.07, 6.45) is 1.87. The van der Waals surface area contributed by atoms with Crippen LogP contribution in [0.2, 0.25) is 5.02 Å². The summed E-state index contributed by atoms with van der Waals surface area (Å²) in [5.74, 6) is 0.932. The molecule has 21 heavy (non-hydrogen) atoms. The highest BCUT2D eigenvalue weighted by atomic mass is 35.5. The number of hydrogen-bond donors (Lipinski definition) is 1. The number of carbonyl (C=O) groups is 1. The van der Waals surface area contributed by atoms with Gasteiger partial charge in [-0.05, 0) is 12.1 Å². The summed E-state index contributed by atoms with van der Waals surface area (Å²) in [6.45, 7) is 4.46. The highest BCUT2D eigenvalue weighted by molar-refractivity contribution is 8.00. The topological polar surface area (TPSA) is 55.1 Å². The monoisotopic (exact) mass is 342 g/mol. The van der Waals surface area contributed by atoms with E-state index >= 15 is 0 Å². The quantitative estimate of drug-likeness (QED) is 0.449. The van der Waals surface area contributed by atoms with Gasteiger partial charge in [-0.3, -0.25) is 4.79 Å². The third kappa shape index (κ3) is 4.18. The average molecular weight is 343 g/mol. The molecule has 0 fully saturated rings. The molecule has 0 aliphatic carbocycles. The van der Waals surface area contributed by atoms with Crippen LogP contribution < -0.4 is 0 Å². The van der Waals surface area contributed by atoms with Crippen molar-refractivity contribution < 1.29 is 9.90 Å². The summed E-state index contributed by atoms with van der Waals surface area (Å²) in [6, 6.07) is 5.63. The lowest BCUT2D eigenvalue weighted by molar-refractivity contribution is -0.133. The molecule has 7 heteroatoms. The Kier molecular flexibility index (Phi) is 6.02. The van der Waals surface area contributed by atoms with Crippen LogP contribution in [-0.4, -0.2) is 37.9 Å². The van der Waals surface area contributed by atoms with Gasteiger partial charge < -0.3 is 9.67 Å². The molecular weight excluding hydrogens is 328 g/mol. The first-order valence-electron chi connectivity index (χ1n) is 6.31. The summed E-state index contributed by atoms with van der Waals surface area (Å²) in [5, 5.41) is 10.1. The van der Waals surface area contributed by atoms with E-state index in [0.29, 0.717) is 10.2 Å². The highest BCUT2D eigenvalue weighted by Gasteiger charge is 2.14. The van der Waals surface area contributed by atoms with Gasteiger partial charge in [0.05, 0.1) is 16.3 Å². The van der Waals surface area contributed by atoms with Crippen molar-refractivity contribution in [2.24, 2.45) is 0 Å². The molecule has 1 N–H and O–H groups in total. The first-order chi connectivity index (χ1) is 10.1. The number of aromatic nitrogens is 2. The Bertz CT molecular complexity index is 658. The maximum atomic E-state index is 10.8. The minimum absolute atomic E-state index is 0.0132. The van der Waals surface area contributed by atoms with Crippen LogP contribution in [0.4, 0.5) is 0 Å². The summed E-state index contributed by atoms with van der Waals surface area (Å²) in [7, 11) is 0. The normalized spacial score (nSPS) is 10.9. The van der Waals surface area contributed by atoms with Gasteiger partial charge in [0.1, 0.15) is 5.52 Å². The van der Waals surface area contributed by atoms with E-state index in [2.05, 4.69) is 11.6 Å². The molecule has 1 heterocycles. The minimum Gasteiger partial charge on any atom is -0.481 e. The fourth-order valence-corrected chi connectivity index (χ4v) is 3.48. The van der Waals surface area contributed by atoms with Crippen LogP contribution in [0.15, 0.2) is 36.0 Å². The van der Waals surface area contributed by atoms with Gasteiger partial charge in [0.2, 0.25) is 0 Å². The molecule has 1 aromatic heterocycles. The fraction of sp³-hybridized carbons (Fsp3) is 0.286. The van der Waals surface area contributed by atoms with E-state index in [1.54, 1.807) is 17.8 Å². The molecule has 0 aliphatic rings. The van der Waals surface area contributed by atoms with Gasteiger partial charge >= 0.3 is 5.97 Å². The molecule has 112 valence electrons. The second-order valence-electron chi connectivity index (χ2n) is 4.20. The SMILES string of the molecule is C=CCSCCn1c(SCC(=O)O)nc2c(Cl)cccc21. The number of hydrogen-bond acceptors (Lipinski definition) is 4. The predicted molar refractivity (Wildman–Crippen MR) is 90.6 cm³/mol. The second kappa shape index (κ2) is 7.77. The van der Waals surface area contributed by atoms with Gasteiger partial charge in [-0.1, -0.05) is 35.5 Å². The number of rotatable bonds is 8. The first kappa shape index (κ1) is 16.3. The molecule has 0 saturated heterocycles. The number of carboxylic acid groups (broad SMARTS) is 1. The van der Waals surface area contributed by atoms with E-state index in [0.717, 1.165) is 29.1 Å². The lowest BCUT2D eigenvalue weighted by Crippen LogP contribution is -2.05. The number of imidazole rings is 1. The zero-order valence-corrected chi connectivity index (χ0v) is 13.7. The Labute approximate surface area is 136 Å². The second-order valence-corrected chi connectivity index (χ2v) is 6.70. The Morgan fingerprint density at radius 1 is 1.52 bits per heavy atom. The summed E-state index contributed by atoms with van der Waals surface area (Å²) in [4.78, 5) is 15.3. The van der Waals surface area contributed by atoms with Crippen molar-refractivity contribution in [1.82, 2.24) is 9.55 Å². The Morgan fingerprint density at radius 2 is 2.33 bits per heavy atom. The van der Waals surface area contributed by atoms with E-state index in [9.17, 15) is 4.79 Å². The van der Waals surface area contributed by atoms with Crippen molar-refractivity contribution in [1.29, 1.82) is 0 Å².